The van der Waals surface area contributed by atoms with Crippen molar-refractivity contribution in [1.82, 2.24) is 0 Å². The van der Waals surface area contributed by atoms with Crippen LogP contribution in [0.25, 0.3) is 0 Å². The maximum atomic E-state index is 7.58. The second-order valence-electron chi connectivity index (χ2n) is 4.21. The minimum Gasteiger partial charge on any atom is -0.457 e. The van der Waals surface area contributed by atoms with E-state index in [1.165, 1.54) is 0 Å². The molecule has 0 aliphatic rings. The number of nitrogen functional groups attached to an aromatic ring is 1. The van der Waals surface area contributed by atoms with E-state index in [1.807, 2.05) is 24.3 Å². The van der Waals surface area contributed by atoms with Crippen molar-refractivity contribution in [2.45, 2.75) is 6.61 Å². The number of methoxy groups -OCH3 is 1. The summed E-state index contributed by atoms with van der Waals surface area (Å²) in [6, 6.07) is 12.7. The maximum absolute atomic E-state index is 7.58. The highest BCUT2D eigenvalue weighted by molar-refractivity contribution is 6.34. The minimum absolute atomic E-state index is 0.126. The van der Waals surface area contributed by atoms with E-state index in [-0.39, 0.29) is 5.84 Å². The number of benzene rings is 2. The molecule has 5 heteroatoms. The van der Waals surface area contributed by atoms with Crippen molar-refractivity contribution in [3.05, 3.63) is 58.6 Å². The molecule has 104 valence electrons. The SMILES string of the molecule is COCc1cccc(Oc2cccc(Cl)c2C(=N)N)c1. The molecule has 0 fully saturated rings. The summed E-state index contributed by atoms with van der Waals surface area (Å²) in [6.07, 6.45) is 0. The van der Waals surface area contributed by atoms with Crippen LogP contribution in [0.15, 0.2) is 42.5 Å². The summed E-state index contributed by atoms with van der Waals surface area (Å²) < 4.78 is 10.9. The predicted molar refractivity (Wildman–Crippen MR) is 79.7 cm³/mol. The monoisotopic (exact) mass is 290 g/mol. The Hall–Kier alpha value is -2.04. The first-order chi connectivity index (χ1) is 9.61. The molecule has 2 aromatic rings. The number of hydrogen-bond acceptors (Lipinski definition) is 3. The Morgan fingerprint density at radius 3 is 2.70 bits per heavy atom. The zero-order valence-electron chi connectivity index (χ0n) is 11.0. The molecule has 0 amide bonds. The summed E-state index contributed by atoms with van der Waals surface area (Å²) in [4.78, 5) is 0. The average Bonchev–Trinajstić information content (AvgIpc) is 2.39. The van der Waals surface area contributed by atoms with Gasteiger partial charge in [0.25, 0.3) is 0 Å². The Bertz CT molecular complexity index is 629. The lowest BCUT2D eigenvalue weighted by Gasteiger charge is -2.12. The number of halogens is 1. The molecule has 2 aromatic carbocycles. The van der Waals surface area contributed by atoms with Gasteiger partial charge in [0.1, 0.15) is 17.3 Å². The van der Waals surface area contributed by atoms with E-state index in [9.17, 15) is 0 Å². The molecule has 0 aromatic heterocycles. The summed E-state index contributed by atoms with van der Waals surface area (Å²) in [5.41, 5.74) is 6.94. The molecule has 20 heavy (non-hydrogen) atoms. The molecular formula is C15H15ClN2O2. The van der Waals surface area contributed by atoms with E-state index in [4.69, 9.17) is 32.2 Å². The first-order valence-electron chi connectivity index (χ1n) is 6.00. The van der Waals surface area contributed by atoms with Gasteiger partial charge in [0.05, 0.1) is 17.2 Å². The van der Waals surface area contributed by atoms with Crippen molar-refractivity contribution >= 4 is 17.4 Å². The molecule has 3 N–H and O–H groups in total. The number of amidine groups is 1. The lowest BCUT2D eigenvalue weighted by Crippen LogP contribution is -2.13. The van der Waals surface area contributed by atoms with E-state index in [1.54, 1.807) is 25.3 Å². The molecule has 0 saturated heterocycles. The van der Waals surface area contributed by atoms with Crippen molar-refractivity contribution in [3.63, 3.8) is 0 Å². The fraction of sp³-hybridized carbons (Fsp3) is 0.133. The second-order valence-corrected chi connectivity index (χ2v) is 4.62. The van der Waals surface area contributed by atoms with Gasteiger partial charge in [0, 0.05) is 7.11 Å². The number of nitrogens with two attached hydrogens (primary N) is 1. The van der Waals surface area contributed by atoms with Gasteiger partial charge in [-0.05, 0) is 29.8 Å². The quantitative estimate of drug-likeness (QED) is 0.653. The first-order valence-corrected chi connectivity index (χ1v) is 6.38. The van der Waals surface area contributed by atoms with Gasteiger partial charge < -0.3 is 15.2 Å². The third-order valence-electron chi connectivity index (χ3n) is 2.68. The van der Waals surface area contributed by atoms with Gasteiger partial charge in [0.2, 0.25) is 0 Å². The number of ether oxygens (including phenoxy) is 2. The van der Waals surface area contributed by atoms with Gasteiger partial charge in [-0.15, -0.1) is 0 Å². The zero-order valence-corrected chi connectivity index (χ0v) is 11.8. The van der Waals surface area contributed by atoms with Crippen LogP contribution in [-0.4, -0.2) is 12.9 Å². The maximum Gasteiger partial charge on any atom is 0.139 e. The van der Waals surface area contributed by atoms with Crippen molar-refractivity contribution in [1.29, 1.82) is 5.41 Å². The van der Waals surface area contributed by atoms with Crippen LogP contribution in [-0.2, 0) is 11.3 Å². The molecule has 0 aliphatic carbocycles. The fourth-order valence-corrected chi connectivity index (χ4v) is 2.11. The molecule has 0 aliphatic heterocycles. The summed E-state index contributed by atoms with van der Waals surface area (Å²) in [5, 5.41) is 7.98. The van der Waals surface area contributed by atoms with Crippen molar-refractivity contribution in [2.75, 3.05) is 7.11 Å². The molecule has 4 nitrogen and oxygen atoms in total. The standard InChI is InChI=1S/C15H15ClN2O2/c1-19-9-10-4-2-5-11(8-10)20-13-7-3-6-12(16)14(13)15(17)18/h2-8H,9H2,1H3,(H3,17,18). The molecule has 0 heterocycles. The van der Waals surface area contributed by atoms with Crippen LogP contribution in [0.1, 0.15) is 11.1 Å². The smallest absolute Gasteiger partial charge is 0.139 e. The van der Waals surface area contributed by atoms with Gasteiger partial charge in [-0.2, -0.15) is 0 Å². The van der Waals surface area contributed by atoms with E-state index in [0.29, 0.717) is 28.7 Å². The third kappa shape index (κ3) is 3.29. The third-order valence-corrected chi connectivity index (χ3v) is 3.00. The first kappa shape index (κ1) is 14.4. The van der Waals surface area contributed by atoms with Crippen LogP contribution in [0.5, 0.6) is 11.5 Å². The Morgan fingerprint density at radius 1 is 1.25 bits per heavy atom. The van der Waals surface area contributed by atoms with Gasteiger partial charge in [0.15, 0.2) is 0 Å². The van der Waals surface area contributed by atoms with Crippen LogP contribution in [0, 0.1) is 5.41 Å². The molecule has 0 spiro atoms. The average molecular weight is 291 g/mol. The molecular weight excluding hydrogens is 276 g/mol. The van der Waals surface area contributed by atoms with E-state index < -0.39 is 0 Å². The number of nitrogens with one attached hydrogen (secondary N) is 1. The van der Waals surface area contributed by atoms with Crippen LogP contribution >= 0.6 is 11.6 Å². The molecule has 0 radical (unpaired) electrons. The molecule has 2 rings (SSSR count). The highest BCUT2D eigenvalue weighted by atomic mass is 35.5. The summed E-state index contributed by atoms with van der Waals surface area (Å²) in [5.74, 6) is 0.975. The van der Waals surface area contributed by atoms with Crippen LogP contribution in [0.4, 0.5) is 0 Å². The van der Waals surface area contributed by atoms with Crippen LogP contribution in [0.2, 0.25) is 5.02 Å². The Balaban J connectivity index is 2.32. The Morgan fingerprint density at radius 2 is 2.00 bits per heavy atom. The normalized spacial score (nSPS) is 10.3. The Kier molecular flexibility index (Phi) is 4.61. The molecule has 0 saturated carbocycles. The van der Waals surface area contributed by atoms with Gasteiger partial charge in [-0.25, -0.2) is 0 Å². The van der Waals surface area contributed by atoms with E-state index in [2.05, 4.69) is 0 Å². The van der Waals surface area contributed by atoms with Crippen LogP contribution < -0.4 is 10.5 Å². The number of hydrogen-bond donors (Lipinski definition) is 2. The lowest BCUT2D eigenvalue weighted by molar-refractivity contribution is 0.184. The van der Waals surface area contributed by atoms with Crippen molar-refractivity contribution in [2.24, 2.45) is 5.73 Å². The zero-order chi connectivity index (χ0) is 14.5. The predicted octanol–water partition coefficient (Wildman–Crippen LogP) is 3.56. The molecule has 0 unspecified atom stereocenters. The van der Waals surface area contributed by atoms with E-state index >= 15 is 0 Å². The largest absolute Gasteiger partial charge is 0.457 e. The molecule has 0 bridgehead atoms. The van der Waals surface area contributed by atoms with Crippen molar-refractivity contribution < 1.29 is 9.47 Å². The fourth-order valence-electron chi connectivity index (χ4n) is 1.84. The Labute approximate surface area is 122 Å². The summed E-state index contributed by atoms with van der Waals surface area (Å²) >= 11 is 6.05. The minimum atomic E-state index is -0.126. The van der Waals surface area contributed by atoms with Gasteiger partial charge in [-0.1, -0.05) is 29.8 Å². The van der Waals surface area contributed by atoms with Gasteiger partial charge in [-0.3, -0.25) is 5.41 Å². The van der Waals surface area contributed by atoms with E-state index in [0.717, 1.165) is 5.56 Å². The molecule has 0 atom stereocenters. The summed E-state index contributed by atoms with van der Waals surface area (Å²) in [7, 11) is 1.64. The second kappa shape index (κ2) is 6.41. The summed E-state index contributed by atoms with van der Waals surface area (Å²) in [6.45, 7) is 0.506. The van der Waals surface area contributed by atoms with Crippen molar-refractivity contribution in [3.8, 4) is 11.5 Å². The highest BCUT2D eigenvalue weighted by Gasteiger charge is 2.12. The lowest BCUT2D eigenvalue weighted by atomic mass is 10.1. The highest BCUT2D eigenvalue weighted by Crippen LogP contribution is 2.30. The van der Waals surface area contributed by atoms with Gasteiger partial charge >= 0.3 is 0 Å². The topological polar surface area (TPSA) is 68.3 Å². The number of rotatable bonds is 5. The van der Waals surface area contributed by atoms with Crippen LogP contribution in [0.3, 0.4) is 0 Å².